The summed E-state index contributed by atoms with van der Waals surface area (Å²) < 4.78 is 16.0. The molecule has 0 amide bonds. The third kappa shape index (κ3) is 1.47. The number of hydrogen-bond acceptors (Lipinski definition) is 1. The zero-order valence-corrected chi connectivity index (χ0v) is 9.91. The van der Waals surface area contributed by atoms with E-state index in [1.165, 1.54) is 25.3 Å². The van der Waals surface area contributed by atoms with Crippen molar-refractivity contribution in [2.75, 3.05) is 0 Å². The van der Waals surface area contributed by atoms with E-state index in [-0.39, 0.29) is 5.82 Å². The summed E-state index contributed by atoms with van der Waals surface area (Å²) in [5.41, 5.74) is 2.35. The number of halogens is 1. The number of imidazole rings is 1. The Bertz CT molecular complexity index is 599. The van der Waals surface area contributed by atoms with Gasteiger partial charge < -0.3 is 0 Å². The average Bonchev–Trinajstić information content (AvgIpc) is 2.55. The zero-order chi connectivity index (χ0) is 12.0. The van der Waals surface area contributed by atoms with Gasteiger partial charge in [0, 0.05) is 0 Å². The molecule has 0 saturated heterocycles. The van der Waals surface area contributed by atoms with E-state index in [0.717, 1.165) is 16.9 Å². The summed E-state index contributed by atoms with van der Waals surface area (Å²) >= 11 is 0. The first-order valence-corrected chi connectivity index (χ1v) is 6.02. The molecule has 0 spiro atoms. The molecule has 17 heavy (non-hydrogen) atoms. The summed E-state index contributed by atoms with van der Waals surface area (Å²) in [6, 6.07) is 3.71. The van der Waals surface area contributed by atoms with Gasteiger partial charge in [0.2, 0.25) is 0 Å². The van der Waals surface area contributed by atoms with E-state index in [0.29, 0.717) is 11.5 Å². The molecule has 0 aliphatic heterocycles. The van der Waals surface area contributed by atoms with E-state index in [1.807, 2.05) is 6.92 Å². The van der Waals surface area contributed by atoms with Crippen LogP contribution in [-0.4, -0.2) is 22.9 Å². The van der Waals surface area contributed by atoms with Gasteiger partial charge in [0.05, 0.1) is 0 Å². The van der Waals surface area contributed by atoms with Crippen molar-refractivity contribution in [3.05, 3.63) is 23.8 Å². The molecule has 1 aromatic heterocycles. The molecule has 86 valence electrons. The van der Waals surface area contributed by atoms with Crippen molar-refractivity contribution in [2.45, 2.75) is 32.2 Å². The van der Waals surface area contributed by atoms with Crippen LogP contribution in [0.1, 0.15) is 31.1 Å². The molecule has 1 saturated carbocycles. The third-order valence-corrected chi connectivity index (χ3v) is 3.66. The van der Waals surface area contributed by atoms with E-state index in [9.17, 15) is 4.39 Å². The van der Waals surface area contributed by atoms with Crippen molar-refractivity contribution < 1.29 is 4.39 Å². The monoisotopic (exact) mass is 228 g/mol. The van der Waals surface area contributed by atoms with Crippen LogP contribution >= 0.6 is 0 Å². The van der Waals surface area contributed by atoms with Gasteiger partial charge >= 0.3 is 99.8 Å². The van der Waals surface area contributed by atoms with Crippen molar-refractivity contribution in [1.29, 1.82) is 0 Å². The van der Waals surface area contributed by atoms with Crippen LogP contribution in [0.5, 0.6) is 0 Å². The molecule has 3 rings (SSSR count). The Labute approximate surface area is 100 Å². The number of nitrogens with zero attached hydrogens (tertiary/aromatic N) is 2. The Balaban J connectivity index is 2.35. The normalized spacial score (nSPS) is 15.9. The van der Waals surface area contributed by atoms with E-state index in [2.05, 4.69) is 16.0 Å². The molecule has 0 N–H and O–H groups in total. The van der Waals surface area contributed by atoms with Gasteiger partial charge in [-0.15, -0.1) is 0 Å². The fourth-order valence-corrected chi connectivity index (χ4v) is 2.59. The number of aryl methyl sites for hydroxylation is 1. The molecule has 0 bridgehead atoms. The molecule has 1 aliphatic carbocycles. The van der Waals surface area contributed by atoms with Crippen LogP contribution in [0.2, 0.25) is 0 Å². The van der Waals surface area contributed by atoms with Gasteiger partial charge in [-0.25, -0.2) is 0 Å². The van der Waals surface area contributed by atoms with Crippen molar-refractivity contribution in [3.8, 4) is 0 Å². The van der Waals surface area contributed by atoms with Gasteiger partial charge in [0.1, 0.15) is 0 Å². The third-order valence-electron chi connectivity index (χ3n) is 3.66. The predicted octanol–water partition coefficient (Wildman–Crippen LogP) is 1.97. The van der Waals surface area contributed by atoms with E-state index in [1.54, 1.807) is 13.0 Å². The Kier molecular flexibility index (Phi) is 2.39. The summed E-state index contributed by atoms with van der Waals surface area (Å²) in [5, 5.41) is 0. The standard InChI is InChI=1S/C13H14BFN2/c1-8-16-11-7-6-10(15)12(14-2)13(11)17(8)9-4-3-5-9/h6-7,9H,2-5H2,1H3. The van der Waals surface area contributed by atoms with Crippen LogP contribution < -0.4 is 5.46 Å². The molecule has 2 aromatic rings. The molecule has 0 radical (unpaired) electrons. The predicted molar refractivity (Wildman–Crippen MR) is 69.8 cm³/mol. The first kappa shape index (κ1) is 10.7. The fourth-order valence-electron chi connectivity index (χ4n) is 2.59. The molecular weight excluding hydrogens is 214 g/mol. The SMILES string of the molecule is C=Bc1c(F)ccc2nc(C)n(C3CCC3)c12. The van der Waals surface area contributed by atoms with Gasteiger partial charge in [0.25, 0.3) is 0 Å². The second-order valence-electron chi connectivity index (χ2n) is 4.65. The van der Waals surface area contributed by atoms with Crippen LogP contribution in [0.15, 0.2) is 12.1 Å². The second kappa shape index (κ2) is 3.79. The quantitative estimate of drug-likeness (QED) is 0.718. The van der Waals surface area contributed by atoms with Gasteiger partial charge in [-0.05, 0) is 0 Å². The summed E-state index contributed by atoms with van der Waals surface area (Å²) in [5.74, 6) is 0.756. The molecular formula is C13H14BFN2. The molecule has 2 nitrogen and oxygen atoms in total. The Morgan fingerprint density at radius 3 is 2.82 bits per heavy atom. The summed E-state index contributed by atoms with van der Waals surface area (Å²) in [6.45, 7) is 7.29. The van der Waals surface area contributed by atoms with E-state index < -0.39 is 0 Å². The van der Waals surface area contributed by atoms with Crippen LogP contribution in [0.4, 0.5) is 4.39 Å². The van der Waals surface area contributed by atoms with Gasteiger partial charge in [-0.3, -0.25) is 0 Å². The fraction of sp³-hybridized carbons (Fsp3) is 0.385. The summed E-state index contributed by atoms with van der Waals surface area (Å²) in [7, 11) is 0. The zero-order valence-electron chi connectivity index (χ0n) is 9.91. The second-order valence-corrected chi connectivity index (χ2v) is 4.65. The minimum atomic E-state index is -0.215. The van der Waals surface area contributed by atoms with E-state index >= 15 is 0 Å². The summed E-state index contributed by atoms with van der Waals surface area (Å²) in [4.78, 5) is 4.51. The average molecular weight is 228 g/mol. The number of hydrogen-bond donors (Lipinski definition) is 0. The van der Waals surface area contributed by atoms with Crippen LogP contribution in [0.3, 0.4) is 0 Å². The summed E-state index contributed by atoms with van der Waals surface area (Å²) in [6.07, 6.45) is 3.58. The molecule has 0 unspecified atom stereocenters. The first-order valence-electron chi connectivity index (χ1n) is 6.02. The van der Waals surface area contributed by atoms with Crippen molar-refractivity contribution in [1.82, 2.24) is 9.55 Å². The molecule has 1 heterocycles. The van der Waals surface area contributed by atoms with Crippen LogP contribution in [0, 0.1) is 12.7 Å². The van der Waals surface area contributed by atoms with Gasteiger partial charge in [0.15, 0.2) is 0 Å². The molecule has 4 heteroatoms. The number of rotatable bonds is 2. The molecule has 0 atom stereocenters. The number of benzene rings is 1. The molecule has 1 aliphatic rings. The topological polar surface area (TPSA) is 17.8 Å². The first-order chi connectivity index (χ1) is 8.22. The van der Waals surface area contributed by atoms with Crippen LogP contribution in [-0.2, 0) is 0 Å². The van der Waals surface area contributed by atoms with Gasteiger partial charge in [-0.2, -0.15) is 0 Å². The maximum absolute atomic E-state index is 13.8. The molecule has 1 fully saturated rings. The Morgan fingerprint density at radius 2 is 2.24 bits per heavy atom. The minimum absolute atomic E-state index is 0.215. The van der Waals surface area contributed by atoms with E-state index in [4.69, 9.17) is 0 Å². The van der Waals surface area contributed by atoms with Crippen LogP contribution in [0.25, 0.3) is 11.0 Å². The number of aromatic nitrogens is 2. The van der Waals surface area contributed by atoms with Crippen molar-refractivity contribution in [2.24, 2.45) is 0 Å². The Hall–Kier alpha value is -1.45. The number of fused-ring (bicyclic) bond motifs is 1. The van der Waals surface area contributed by atoms with Gasteiger partial charge in [-0.1, -0.05) is 0 Å². The van der Waals surface area contributed by atoms with Crippen molar-refractivity contribution in [3.63, 3.8) is 0 Å². The Morgan fingerprint density at radius 1 is 1.47 bits per heavy atom. The van der Waals surface area contributed by atoms with Crippen molar-refractivity contribution >= 4 is 29.9 Å². The maximum atomic E-state index is 13.8. The molecule has 1 aromatic carbocycles.